The van der Waals surface area contributed by atoms with E-state index in [9.17, 15) is 14.4 Å². The van der Waals surface area contributed by atoms with Crippen molar-refractivity contribution in [3.63, 3.8) is 0 Å². The van der Waals surface area contributed by atoms with Gasteiger partial charge in [-0.2, -0.15) is 0 Å². The predicted molar refractivity (Wildman–Crippen MR) is 125 cm³/mol. The summed E-state index contributed by atoms with van der Waals surface area (Å²) < 4.78 is 0. The summed E-state index contributed by atoms with van der Waals surface area (Å²) in [6, 6.07) is 0. The lowest BCUT2D eigenvalue weighted by Crippen LogP contribution is -2.50. The van der Waals surface area contributed by atoms with Gasteiger partial charge in [-0.25, -0.2) is 0 Å². The summed E-state index contributed by atoms with van der Waals surface area (Å²) in [4.78, 5) is 38.3. The van der Waals surface area contributed by atoms with Gasteiger partial charge in [0.1, 0.15) is 0 Å². The monoisotopic (exact) mass is 437 g/mol. The number of hydrogen-bond donors (Lipinski definition) is 1. The second-order valence-electron chi connectivity index (χ2n) is 11.7. The number of amides is 1. The van der Waals surface area contributed by atoms with Crippen molar-refractivity contribution in [2.75, 3.05) is 6.54 Å². The van der Waals surface area contributed by atoms with Crippen LogP contribution >= 0.6 is 0 Å². The molecule has 0 radical (unpaired) electrons. The average Bonchev–Trinajstić information content (AvgIpc) is 2.77. The van der Waals surface area contributed by atoms with E-state index < -0.39 is 0 Å². The van der Waals surface area contributed by atoms with E-state index in [0.29, 0.717) is 53.6 Å². The Morgan fingerprint density at radius 1 is 1.03 bits per heavy atom. The van der Waals surface area contributed by atoms with Crippen molar-refractivity contribution in [2.24, 2.45) is 53.3 Å². The average molecular weight is 438 g/mol. The maximum atomic E-state index is 13.5. The minimum Gasteiger partial charge on any atom is -0.356 e. The van der Waals surface area contributed by atoms with E-state index in [4.69, 9.17) is 0 Å². The van der Waals surface area contributed by atoms with Gasteiger partial charge in [0, 0.05) is 30.7 Å². The molecule has 32 heavy (non-hydrogen) atoms. The van der Waals surface area contributed by atoms with Crippen LogP contribution in [0.5, 0.6) is 0 Å². The fourth-order valence-corrected chi connectivity index (χ4v) is 7.93. The van der Waals surface area contributed by atoms with E-state index in [1.165, 1.54) is 12.0 Å². The van der Waals surface area contributed by atoms with E-state index in [1.54, 1.807) is 6.08 Å². The molecule has 0 spiro atoms. The van der Waals surface area contributed by atoms with Gasteiger partial charge in [-0.3, -0.25) is 14.4 Å². The first kappa shape index (κ1) is 22.1. The molecule has 0 aromatic heterocycles. The highest BCUT2D eigenvalue weighted by Crippen LogP contribution is 2.57. The Hall–Kier alpha value is -1.71. The Labute approximate surface area is 192 Å². The van der Waals surface area contributed by atoms with Gasteiger partial charge in [-0.1, -0.05) is 25.5 Å². The highest BCUT2D eigenvalue weighted by molar-refractivity contribution is 5.95. The summed E-state index contributed by atoms with van der Waals surface area (Å²) in [5.41, 5.74) is 1.33. The number of carbonyl (C=O) groups is 3. The van der Waals surface area contributed by atoms with Crippen LogP contribution in [0, 0.1) is 53.3 Å². The molecule has 1 N–H and O–H groups in total. The standard InChI is InChI=1S/C28H39NO3/c1-16(2)11-12-29-28(32)19-4-3-17-5-9-23-22-8-6-18-13-20(30)7-10-21(18)25(22)15-26(31)27(23)24(17)14-19/h7,10,15-19,21-24,27H,3-6,8-9,11-14H2,1-2H3,(H,29,32). The molecule has 8 atom stereocenters. The van der Waals surface area contributed by atoms with Gasteiger partial charge >= 0.3 is 0 Å². The Balaban J connectivity index is 1.33. The lowest BCUT2D eigenvalue weighted by Gasteiger charge is -2.53. The van der Waals surface area contributed by atoms with Gasteiger partial charge in [0.25, 0.3) is 0 Å². The van der Waals surface area contributed by atoms with Gasteiger partial charge in [0.15, 0.2) is 11.6 Å². The molecule has 4 nitrogen and oxygen atoms in total. The molecule has 3 fully saturated rings. The maximum Gasteiger partial charge on any atom is 0.223 e. The van der Waals surface area contributed by atoms with Crippen molar-refractivity contribution in [2.45, 2.75) is 71.6 Å². The molecule has 0 aromatic carbocycles. The Morgan fingerprint density at radius 2 is 1.81 bits per heavy atom. The third kappa shape index (κ3) is 4.03. The highest BCUT2D eigenvalue weighted by atomic mass is 16.2. The number of carbonyl (C=O) groups excluding carboxylic acids is 3. The SMILES string of the molecule is CC(C)CCNC(=O)C1CCC2CCC3C4CCC5CC(=O)C=CC5C4=CC(=O)C3C2C1. The lowest BCUT2D eigenvalue weighted by atomic mass is 9.50. The molecule has 0 aliphatic heterocycles. The zero-order valence-corrected chi connectivity index (χ0v) is 19.7. The first-order valence-electron chi connectivity index (χ1n) is 13.2. The van der Waals surface area contributed by atoms with Crippen molar-refractivity contribution >= 4 is 17.5 Å². The molecule has 5 rings (SSSR count). The fourth-order valence-electron chi connectivity index (χ4n) is 7.93. The van der Waals surface area contributed by atoms with Crippen LogP contribution in [0.4, 0.5) is 0 Å². The van der Waals surface area contributed by atoms with Crippen LogP contribution in [0.2, 0.25) is 0 Å². The van der Waals surface area contributed by atoms with Crippen molar-refractivity contribution in [3.05, 3.63) is 23.8 Å². The fraction of sp³-hybridized carbons (Fsp3) is 0.750. The van der Waals surface area contributed by atoms with Crippen molar-refractivity contribution in [1.29, 1.82) is 0 Å². The maximum absolute atomic E-state index is 13.5. The summed E-state index contributed by atoms with van der Waals surface area (Å²) in [5.74, 6) is 4.16. The summed E-state index contributed by atoms with van der Waals surface area (Å²) in [6.45, 7) is 5.13. The van der Waals surface area contributed by atoms with Gasteiger partial charge < -0.3 is 5.32 Å². The van der Waals surface area contributed by atoms with E-state index in [-0.39, 0.29) is 23.5 Å². The van der Waals surface area contributed by atoms with Crippen LogP contribution in [-0.4, -0.2) is 24.0 Å². The smallest absolute Gasteiger partial charge is 0.223 e. The number of allylic oxidation sites excluding steroid dienone is 4. The molecule has 174 valence electrons. The number of hydrogen-bond acceptors (Lipinski definition) is 3. The van der Waals surface area contributed by atoms with E-state index >= 15 is 0 Å². The molecule has 0 aromatic rings. The molecular weight excluding hydrogens is 398 g/mol. The van der Waals surface area contributed by atoms with Crippen LogP contribution in [0.15, 0.2) is 23.8 Å². The molecule has 1 amide bonds. The number of fused-ring (bicyclic) bond motifs is 7. The van der Waals surface area contributed by atoms with Crippen LogP contribution in [0.25, 0.3) is 0 Å². The predicted octanol–water partition coefficient (Wildman–Crippen LogP) is 4.89. The van der Waals surface area contributed by atoms with Crippen LogP contribution in [0.3, 0.4) is 0 Å². The number of rotatable bonds is 4. The van der Waals surface area contributed by atoms with Crippen molar-refractivity contribution in [3.8, 4) is 0 Å². The number of nitrogens with one attached hydrogen (secondary N) is 1. The molecule has 0 heterocycles. The van der Waals surface area contributed by atoms with Crippen molar-refractivity contribution in [1.82, 2.24) is 5.32 Å². The van der Waals surface area contributed by atoms with E-state index in [1.807, 2.05) is 6.08 Å². The summed E-state index contributed by atoms with van der Waals surface area (Å²) in [6.07, 6.45) is 15.1. The normalized spacial score (nSPS) is 40.7. The summed E-state index contributed by atoms with van der Waals surface area (Å²) >= 11 is 0. The minimum absolute atomic E-state index is 0.0726. The molecule has 3 saturated carbocycles. The largest absolute Gasteiger partial charge is 0.356 e. The zero-order valence-electron chi connectivity index (χ0n) is 19.7. The molecule has 4 heteroatoms. The first-order valence-corrected chi connectivity index (χ1v) is 13.2. The third-order valence-corrected chi connectivity index (χ3v) is 9.51. The van der Waals surface area contributed by atoms with Gasteiger partial charge in [-0.05, 0) is 99.0 Å². The van der Waals surface area contributed by atoms with Crippen LogP contribution in [-0.2, 0) is 14.4 Å². The minimum atomic E-state index is 0.0726. The molecule has 0 saturated heterocycles. The first-order chi connectivity index (χ1) is 15.4. The number of ketones is 2. The quantitative estimate of drug-likeness (QED) is 0.681. The highest BCUT2D eigenvalue weighted by Gasteiger charge is 2.52. The second-order valence-corrected chi connectivity index (χ2v) is 11.7. The van der Waals surface area contributed by atoms with E-state index in [2.05, 4.69) is 25.2 Å². The van der Waals surface area contributed by atoms with E-state index in [0.717, 1.165) is 51.5 Å². The molecule has 0 bridgehead atoms. The topological polar surface area (TPSA) is 63.2 Å². The third-order valence-electron chi connectivity index (χ3n) is 9.51. The van der Waals surface area contributed by atoms with Gasteiger partial charge in [0.05, 0.1) is 0 Å². The molecular formula is C28H39NO3. The molecule has 5 aliphatic carbocycles. The van der Waals surface area contributed by atoms with Crippen LogP contribution < -0.4 is 5.32 Å². The van der Waals surface area contributed by atoms with Crippen LogP contribution in [0.1, 0.15) is 71.6 Å². The Kier molecular flexibility index (Phi) is 6.15. The lowest BCUT2D eigenvalue weighted by molar-refractivity contribution is -0.134. The summed E-state index contributed by atoms with van der Waals surface area (Å²) in [7, 11) is 0. The molecule has 8 unspecified atom stereocenters. The van der Waals surface area contributed by atoms with Gasteiger partial charge in [0.2, 0.25) is 5.91 Å². The molecule has 5 aliphatic rings. The zero-order chi connectivity index (χ0) is 22.4. The van der Waals surface area contributed by atoms with Crippen molar-refractivity contribution < 1.29 is 14.4 Å². The Morgan fingerprint density at radius 3 is 2.62 bits per heavy atom. The Bertz CT molecular complexity index is 840. The van der Waals surface area contributed by atoms with Gasteiger partial charge in [-0.15, -0.1) is 0 Å². The second kappa shape index (κ2) is 8.91. The summed E-state index contributed by atoms with van der Waals surface area (Å²) in [5, 5.41) is 3.17.